The number of aryl methyl sites for hydroxylation is 3. The summed E-state index contributed by atoms with van der Waals surface area (Å²) < 4.78 is 1.69. The van der Waals surface area contributed by atoms with Crippen molar-refractivity contribution in [2.45, 2.75) is 33.6 Å². The molecule has 1 heterocycles. The first-order valence-electron chi connectivity index (χ1n) is 6.43. The fraction of sp³-hybridized carbons (Fsp3) is 0.333. The maximum atomic E-state index is 9.23. The summed E-state index contributed by atoms with van der Waals surface area (Å²) in [5.74, 6) is 0.430. The summed E-state index contributed by atoms with van der Waals surface area (Å²) in [6.45, 7) is 6.11. The first-order valence-corrected chi connectivity index (χ1v) is 6.43. The number of anilines is 1. The standard InChI is InChI=1S/C15H18N4/c1-4-5-13-12(9-16)15(17)19(18-13)14-8-10(2)6-7-11(14)3/h6-8H,4-5,17H2,1-3H3. The minimum Gasteiger partial charge on any atom is -0.382 e. The summed E-state index contributed by atoms with van der Waals surface area (Å²) in [5.41, 5.74) is 10.5. The molecule has 4 heteroatoms. The van der Waals surface area contributed by atoms with Crippen molar-refractivity contribution in [3.05, 3.63) is 40.6 Å². The van der Waals surface area contributed by atoms with Crippen LogP contribution in [0.5, 0.6) is 0 Å². The van der Waals surface area contributed by atoms with E-state index in [2.05, 4.69) is 24.2 Å². The van der Waals surface area contributed by atoms with E-state index in [0.717, 1.165) is 35.3 Å². The van der Waals surface area contributed by atoms with E-state index < -0.39 is 0 Å². The Labute approximate surface area is 113 Å². The first-order chi connectivity index (χ1) is 9.08. The number of nitrogen functional groups attached to an aromatic ring is 1. The number of nitrogens with two attached hydrogens (primary N) is 1. The van der Waals surface area contributed by atoms with Gasteiger partial charge in [-0.05, 0) is 37.5 Å². The van der Waals surface area contributed by atoms with Crippen LogP contribution in [0, 0.1) is 25.2 Å². The molecule has 2 aromatic rings. The molecule has 0 bridgehead atoms. The molecule has 2 N–H and O–H groups in total. The van der Waals surface area contributed by atoms with E-state index in [1.54, 1.807) is 4.68 Å². The third-order valence-electron chi connectivity index (χ3n) is 3.19. The van der Waals surface area contributed by atoms with Crippen LogP contribution in [0.15, 0.2) is 18.2 Å². The zero-order chi connectivity index (χ0) is 14.0. The van der Waals surface area contributed by atoms with Crippen LogP contribution in [-0.2, 0) is 6.42 Å². The molecule has 0 radical (unpaired) electrons. The normalized spacial score (nSPS) is 10.4. The predicted molar refractivity (Wildman–Crippen MR) is 76.2 cm³/mol. The number of nitriles is 1. The lowest BCUT2D eigenvalue weighted by Crippen LogP contribution is -2.04. The van der Waals surface area contributed by atoms with Gasteiger partial charge >= 0.3 is 0 Å². The number of benzene rings is 1. The van der Waals surface area contributed by atoms with E-state index in [-0.39, 0.29) is 0 Å². The molecule has 0 aliphatic carbocycles. The van der Waals surface area contributed by atoms with Crippen molar-refractivity contribution in [1.82, 2.24) is 9.78 Å². The second-order valence-corrected chi connectivity index (χ2v) is 4.77. The van der Waals surface area contributed by atoms with Gasteiger partial charge in [-0.1, -0.05) is 25.5 Å². The quantitative estimate of drug-likeness (QED) is 0.915. The van der Waals surface area contributed by atoms with Crippen molar-refractivity contribution < 1.29 is 0 Å². The summed E-state index contributed by atoms with van der Waals surface area (Å²) in [5, 5.41) is 13.7. The van der Waals surface area contributed by atoms with E-state index in [4.69, 9.17) is 5.73 Å². The van der Waals surface area contributed by atoms with Gasteiger partial charge in [-0.15, -0.1) is 0 Å². The summed E-state index contributed by atoms with van der Waals surface area (Å²) in [6.07, 6.45) is 1.71. The van der Waals surface area contributed by atoms with Crippen molar-refractivity contribution in [2.75, 3.05) is 5.73 Å². The Hall–Kier alpha value is -2.28. The minimum atomic E-state index is 0.430. The van der Waals surface area contributed by atoms with Crippen molar-refractivity contribution in [3.8, 4) is 11.8 Å². The van der Waals surface area contributed by atoms with Gasteiger partial charge in [0.05, 0.1) is 11.4 Å². The van der Waals surface area contributed by atoms with Gasteiger partial charge in [-0.25, -0.2) is 4.68 Å². The lowest BCUT2D eigenvalue weighted by Gasteiger charge is -2.08. The molecule has 2 rings (SSSR count). The highest BCUT2D eigenvalue weighted by Gasteiger charge is 2.16. The van der Waals surface area contributed by atoms with Gasteiger partial charge in [0, 0.05) is 0 Å². The van der Waals surface area contributed by atoms with Crippen LogP contribution in [0.2, 0.25) is 0 Å². The fourth-order valence-electron chi connectivity index (χ4n) is 2.14. The molecule has 4 nitrogen and oxygen atoms in total. The van der Waals surface area contributed by atoms with E-state index in [1.807, 2.05) is 26.0 Å². The van der Waals surface area contributed by atoms with Crippen LogP contribution in [0.1, 0.15) is 35.7 Å². The molecular weight excluding hydrogens is 236 g/mol. The Kier molecular flexibility index (Phi) is 3.57. The molecule has 98 valence electrons. The van der Waals surface area contributed by atoms with Crippen LogP contribution < -0.4 is 5.73 Å². The number of hydrogen-bond acceptors (Lipinski definition) is 3. The molecule has 0 saturated heterocycles. The first kappa shape index (κ1) is 13.2. The van der Waals surface area contributed by atoms with Gasteiger partial charge < -0.3 is 5.73 Å². The lowest BCUT2D eigenvalue weighted by atomic mass is 10.1. The number of rotatable bonds is 3. The van der Waals surface area contributed by atoms with E-state index >= 15 is 0 Å². The second-order valence-electron chi connectivity index (χ2n) is 4.77. The molecule has 1 aromatic heterocycles. The van der Waals surface area contributed by atoms with Crippen molar-refractivity contribution >= 4 is 5.82 Å². The largest absolute Gasteiger partial charge is 0.382 e. The lowest BCUT2D eigenvalue weighted by molar-refractivity contribution is 0.807. The minimum absolute atomic E-state index is 0.430. The van der Waals surface area contributed by atoms with Gasteiger partial charge in [0.25, 0.3) is 0 Å². The third kappa shape index (κ3) is 2.32. The summed E-state index contributed by atoms with van der Waals surface area (Å²) in [4.78, 5) is 0. The maximum Gasteiger partial charge on any atom is 0.145 e. The van der Waals surface area contributed by atoms with Gasteiger partial charge in [0.1, 0.15) is 17.5 Å². The van der Waals surface area contributed by atoms with Crippen LogP contribution >= 0.6 is 0 Å². The smallest absolute Gasteiger partial charge is 0.145 e. The van der Waals surface area contributed by atoms with Crippen molar-refractivity contribution in [2.24, 2.45) is 0 Å². The van der Waals surface area contributed by atoms with Crippen LogP contribution in [0.4, 0.5) is 5.82 Å². The Balaban J connectivity index is 2.63. The monoisotopic (exact) mass is 254 g/mol. The highest BCUT2D eigenvalue weighted by molar-refractivity contribution is 5.58. The van der Waals surface area contributed by atoms with Crippen molar-refractivity contribution in [1.29, 1.82) is 5.26 Å². The number of aromatic nitrogens is 2. The van der Waals surface area contributed by atoms with Crippen molar-refractivity contribution in [3.63, 3.8) is 0 Å². The summed E-state index contributed by atoms with van der Waals surface area (Å²) >= 11 is 0. The zero-order valence-electron chi connectivity index (χ0n) is 11.6. The Morgan fingerprint density at radius 2 is 2.11 bits per heavy atom. The second kappa shape index (κ2) is 5.15. The molecule has 0 amide bonds. The predicted octanol–water partition coefficient (Wildman–Crippen LogP) is 2.90. The topological polar surface area (TPSA) is 67.6 Å². The highest BCUT2D eigenvalue weighted by atomic mass is 15.3. The van der Waals surface area contributed by atoms with Crippen LogP contribution in [0.3, 0.4) is 0 Å². The van der Waals surface area contributed by atoms with Gasteiger partial charge in [0.2, 0.25) is 0 Å². The number of hydrogen-bond donors (Lipinski definition) is 1. The molecule has 0 aliphatic heterocycles. The van der Waals surface area contributed by atoms with E-state index in [1.165, 1.54) is 0 Å². The fourth-order valence-corrected chi connectivity index (χ4v) is 2.14. The van der Waals surface area contributed by atoms with E-state index in [0.29, 0.717) is 11.4 Å². The molecule has 0 saturated carbocycles. The zero-order valence-corrected chi connectivity index (χ0v) is 11.6. The Bertz CT molecular complexity index is 647. The molecule has 19 heavy (non-hydrogen) atoms. The highest BCUT2D eigenvalue weighted by Crippen LogP contribution is 2.24. The maximum absolute atomic E-state index is 9.23. The van der Waals surface area contributed by atoms with E-state index in [9.17, 15) is 5.26 Å². The molecule has 0 fully saturated rings. The molecule has 0 unspecified atom stereocenters. The number of nitrogens with zero attached hydrogens (tertiary/aromatic N) is 3. The van der Waals surface area contributed by atoms with Gasteiger partial charge in [-0.2, -0.15) is 10.4 Å². The molecule has 0 atom stereocenters. The molecular formula is C15H18N4. The van der Waals surface area contributed by atoms with Crippen LogP contribution in [0.25, 0.3) is 5.69 Å². The summed E-state index contributed by atoms with van der Waals surface area (Å²) in [6, 6.07) is 8.29. The van der Waals surface area contributed by atoms with Crippen LogP contribution in [-0.4, -0.2) is 9.78 Å². The Morgan fingerprint density at radius 3 is 2.74 bits per heavy atom. The average molecular weight is 254 g/mol. The SMILES string of the molecule is CCCc1nn(-c2cc(C)ccc2C)c(N)c1C#N. The molecule has 0 spiro atoms. The van der Waals surface area contributed by atoms with Gasteiger partial charge in [-0.3, -0.25) is 0 Å². The Morgan fingerprint density at radius 1 is 1.37 bits per heavy atom. The average Bonchev–Trinajstić information content (AvgIpc) is 2.69. The molecule has 0 aliphatic rings. The molecule has 1 aromatic carbocycles. The third-order valence-corrected chi connectivity index (χ3v) is 3.19. The van der Waals surface area contributed by atoms with Gasteiger partial charge in [0.15, 0.2) is 0 Å². The summed E-state index contributed by atoms with van der Waals surface area (Å²) in [7, 11) is 0.